The minimum atomic E-state index is -3.49. The van der Waals surface area contributed by atoms with Gasteiger partial charge in [-0.2, -0.15) is 8.42 Å². The summed E-state index contributed by atoms with van der Waals surface area (Å²) in [5.74, 6) is 0.952. The quantitative estimate of drug-likeness (QED) is 0.0753. The minimum absolute atomic E-state index is 0.0462. The van der Waals surface area contributed by atoms with E-state index in [0.29, 0.717) is 25.7 Å². The van der Waals surface area contributed by atoms with Gasteiger partial charge in [-0.15, -0.1) is 0 Å². The normalized spacial score (nSPS) is 37.2. The Morgan fingerprint density at radius 2 is 1.43 bits per heavy atom. The Hall–Kier alpha value is -1.68. The van der Waals surface area contributed by atoms with Crippen molar-refractivity contribution in [1.29, 1.82) is 0 Å². The Kier molecular flexibility index (Phi) is 12.9. The van der Waals surface area contributed by atoms with Crippen molar-refractivity contribution < 1.29 is 41.2 Å². The van der Waals surface area contributed by atoms with Crippen molar-refractivity contribution in [3.8, 4) is 0 Å². The van der Waals surface area contributed by atoms with Gasteiger partial charge in [0.05, 0.1) is 12.9 Å². The first-order valence-electron chi connectivity index (χ1n) is 18.6. The van der Waals surface area contributed by atoms with Gasteiger partial charge >= 0.3 is 17.9 Å². The molecular weight excluding hydrogens is 620 g/mol. The molecule has 0 aromatic heterocycles. The van der Waals surface area contributed by atoms with Crippen molar-refractivity contribution >= 4 is 28.0 Å². The zero-order valence-electron chi connectivity index (χ0n) is 30.1. The van der Waals surface area contributed by atoms with Crippen LogP contribution in [0.4, 0.5) is 0 Å². The number of ether oxygens (including phenoxy) is 3. The third-order valence-electron chi connectivity index (χ3n) is 12.8. The van der Waals surface area contributed by atoms with Crippen molar-refractivity contribution in [3.63, 3.8) is 0 Å². The van der Waals surface area contributed by atoms with Crippen molar-refractivity contribution in [3.05, 3.63) is 0 Å². The first-order chi connectivity index (χ1) is 22.2. The summed E-state index contributed by atoms with van der Waals surface area (Å²) in [6.07, 6.45) is 11.4. The van der Waals surface area contributed by atoms with Gasteiger partial charge < -0.3 is 14.2 Å². The van der Waals surface area contributed by atoms with Gasteiger partial charge in [-0.3, -0.25) is 18.6 Å². The summed E-state index contributed by atoms with van der Waals surface area (Å²) in [5.41, 5.74) is -0.345. The number of fused-ring (bicyclic) bond motifs is 5. The third-order valence-corrected chi connectivity index (χ3v) is 13.4. The van der Waals surface area contributed by atoms with E-state index in [1.54, 1.807) is 0 Å². The second kappa shape index (κ2) is 15.9. The van der Waals surface area contributed by atoms with Gasteiger partial charge in [0.1, 0.15) is 18.3 Å². The molecule has 270 valence electrons. The Morgan fingerprint density at radius 3 is 2.04 bits per heavy atom. The molecule has 9 nitrogen and oxygen atoms in total. The largest absolute Gasteiger partial charge is 0.462 e. The maximum Gasteiger partial charge on any atom is 0.306 e. The van der Waals surface area contributed by atoms with E-state index in [-0.39, 0.29) is 89.2 Å². The van der Waals surface area contributed by atoms with Crippen LogP contribution >= 0.6 is 0 Å². The van der Waals surface area contributed by atoms with Gasteiger partial charge in [-0.1, -0.05) is 41.5 Å². The fourth-order valence-electron chi connectivity index (χ4n) is 10.6. The summed E-state index contributed by atoms with van der Waals surface area (Å²) >= 11 is 0. The zero-order chi connectivity index (χ0) is 34.6. The van der Waals surface area contributed by atoms with Gasteiger partial charge in [-0.25, -0.2) is 0 Å². The van der Waals surface area contributed by atoms with Crippen LogP contribution in [0, 0.1) is 46.3 Å². The molecule has 0 aliphatic heterocycles. The van der Waals surface area contributed by atoms with Crippen LogP contribution in [0.15, 0.2) is 0 Å². The molecule has 4 aliphatic carbocycles. The van der Waals surface area contributed by atoms with Gasteiger partial charge in [0.2, 0.25) is 0 Å². The maximum atomic E-state index is 13.2. The monoisotopic (exact) mass is 682 g/mol. The Bertz CT molecular complexity index is 1200. The molecule has 4 saturated carbocycles. The van der Waals surface area contributed by atoms with Crippen molar-refractivity contribution in [2.24, 2.45) is 46.3 Å². The predicted molar refractivity (Wildman–Crippen MR) is 180 cm³/mol. The van der Waals surface area contributed by atoms with E-state index >= 15 is 0 Å². The highest BCUT2D eigenvalue weighted by atomic mass is 32.2. The average molecular weight is 683 g/mol. The molecule has 10 heteroatoms. The predicted octanol–water partition coefficient (Wildman–Crippen LogP) is 7.39. The SMILES string of the molecule is CCCC(=O)O[C@@H]1CC[C@@]2(C)[C@@H](C1)C[C@@H](OC(=O)CCC)[C@@H]1[C@@H]2C[C@H](OC(=O)CCC)[C@]2(C)[C@@H]([C@H](C)CCCOS(C)(=O)=O)CC[C@@H]12. The van der Waals surface area contributed by atoms with E-state index in [1.165, 1.54) is 0 Å². The van der Waals surface area contributed by atoms with Gasteiger partial charge in [0.25, 0.3) is 10.1 Å². The van der Waals surface area contributed by atoms with Crippen LogP contribution in [0.5, 0.6) is 0 Å². The van der Waals surface area contributed by atoms with Gasteiger partial charge in [-0.05, 0) is 112 Å². The lowest BCUT2D eigenvalue weighted by Crippen LogP contribution is -2.63. The number of hydrogen-bond donors (Lipinski definition) is 0. The number of hydrogen-bond acceptors (Lipinski definition) is 9. The van der Waals surface area contributed by atoms with Crippen LogP contribution in [-0.4, -0.2) is 57.5 Å². The van der Waals surface area contributed by atoms with E-state index in [0.717, 1.165) is 76.9 Å². The molecule has 0 N–H and O–H groups in total. The van der Waals surface area contributed by atoms with Crippen LogP contribution < -0.4 is 0 Å². The van der Waals surface area contributed by atoms with Gasteiger partial charge in [0.15, 0.2) is 0 Å². The second-order valence-corrected chi connectivity index (χ2v) is 17.4. The van der Waals surface area contributed by atoms with E-state index in [4.69, 9.17) is 18.4 Å². The van der Waals surface area contributed by atoms with Crippen molar-refractivity contribution in [2.45, 2.75) is 156 Å². The fraction of sp³-hybridized carbons (Fsp3) is 0.919. The Balaban J connectivity index is 1.67. The molecule has 4 aliphatic rings. The molecule has 4 rings (SSSR count). The molecule has 0 aromatic rings. The molecule has 0 aromatic carbocycles. The molecule has 0 saturated heterocycles. The summed E-state index contributed by atoms with van der Waals surface area (Å²) in [6, 6.07) is 0. The van der Waals surface area contributed by atoms with Crippen LogP contribution in [0.1, 0.15) is 138 Å². The summed E-state index contributed by atoms with van der Waals surface area (Å²) in [4.78, 5) is 38.8. The molecule has 0 radical (unpaired) electrons. The number of esters is 3. The highest BCUT2D eigenvalue weighted by molar-refractivity contribution is 7.85. The molecule has 0 bridgehead atoms. The molecule has 0 heterocycles. The first-order valence-corrected chi connectivity index (χ1v) is 20.4. The second-order valence-electron chi connectivity index (χ2n) is 15.8. The molecule has 0 unspecified atom stereocenters. The summed E-state index contributed by atoms with van der Waals surface area (Å²) in [6.45, 7) is 13.1. The third kappa shape index (κ3) is 8.56. The van der Waals surface area contributed by atoms with Crippen LogP contribution in [-0.2, 0) is 42.9 Å². The molecule has 4 fully saturated rings. The van der Waals surface area contributed by atoms with E-state index in [9.17, 15) is 22.8 Å². The lowest BCUT2D eigenvalue weighted by atomic mass is 9.43. The zero-order valence-corrected chi connectivity index (χ0v) is 30.9. The molecule has 0 amide bonds. The van der Waals surface area contributed by atoms with Crippen molar-refractivity contribution in [2.75, 3.05) is 12.9 Å². The summed E-state index contributed by atoms with van der Waals surface area (Å²) in [7, 11) is -3.49. The topological polar surface area (TPSA) is 122 Å². The number of rotatable bonds is 15. The smallest absolute Gasteiger partial charge is 0.306 e. The molecular formula is C37H62O9S. The van der Waals surface area contributed by atoms with E-state index < -0.39 is 10.1 Å². The maximum absolute atomic E-state index is 13.2. The van der Waals surface area contributed by atoms with Gasteiger partial charge in [0, 0.05) is 30.6 Å². The minimum Gasteiger partial charge on any atom is -0.462 e. The van der Waals surface area contributed by atoms with Crippen LogP contribution in [0.25, 0.3) is 0 Å². The van der Waals surface area contributed by atoms with E-state index in [1.807, 2.05) is 20.8 Å². The number of carbonyl (C=O) groups is 3. The molecule has 47 heavy (non-hydrogen) atoms. The standard InChI is InChI=1S/C37H62O9S/c1-8-12-32(38)44-26-18-19-36(5)25(21-26)22-30(45-33(39)13-9-2)35-28-17-16-27(24(4)15-11-20-43-47(7,41)42)37(28,6)31(23-29(35)36)46-34(40)14-10-3/h24-31,35H,8-23H2,1-7H3/t24-,25+,26-,27-,28+,29+,30-,31+,35+,36+,37-/m1/s1. The summed E-state index contributed by atoms with van der Waals surface area (Å²) in [5, 5.41) is 0. The van der Waals surface area contributed by atoms with E-state index in [2.05, 4.69) is 20.8 Å². The highest BCUT2D eigenvalue weighted by Crippen LogP contribution is 2.69. The van der Waals surface area contributed by atoms with Crippen molar-refractivity contribution in [1.82, 2.24) is 0 Å². The highest BCUT2D eigenvalue weighted by Gasteiger charge is 2.67. The first kappa shape index (κ1) is 38.1. The molecule has 0 spiro atoms. The fourth-order valence-corrected chi connectivity index (χ4v) is 11.0. The Labute approximate surface area is 284 Å². The van der Waals surface area contributed by atoms with Crippen LogP contribution in [0.3, 0.4) is 0 Å². The van der Waals surface area contributed by atoms with Crippen LogP contribution in [0.2, 0.25) is 0 Å². The molecule has 11 atom stereocenters. The lowest BCUT2D eigenvalue weighted by Gasteiger charge is -2.64. The Morgan fingerprint density at radius 1 is 0.809 bits per heavy atom. The number of carbonyl (C=O) groups excluding carboxylic acids is 3. The lowest BCUT2D eigenvalue weighted by molar-refractivity contribution is -0.226. The summed E-state index contributed by atoms with van der Waals surface area (Å²) < 4.78 is 47.0. The average Bonchev–Trinajstić information content (AvgIpc) is 3.34.